The summed E-state index contributed by atoms with van der Waals surface area (Å²) < 4.78 is 37.8. The monoisotopic (exact) mass is 354 g/mol. The number of nitrogens with one attached hydrogen (secondary N) is 1. The first kappa shape index (κ1) is 19.6. The summed E-state index contributed by atoms with van der Waals surface area (Å²) in [6.45, 7) is 3.27. The fourth-order valence-corrected chi connectivity index (χ4v) is 3.09. The number of nitrogens with zero attached hydrogens (tertiary/aromatic N) is 1. The van der Waals surface area contributed by atoms with Crippen molar-refractivity contribution in [1.29, 1.82) is 0 Å². The predicted molar refractivity (Wildman–Crippen MR) is 87.9 cm³/mol. The van der Waals surface area contributed by atoms with E-state index in [9.17, 15) is 13.2 Å². The van der Waals surface area contributed by atoms with Crippen molar-refractivity contribution < 1.29 is 13.2 Å². The summed E-state index contributed by atoms with van der Waals surface area (Å²) in [5.41, 5.74) is 0.985. The number of rotatable bonds is 5. The van der Waals surface area contributed by atoms with E-state index < -0.39 is 12.6 Å². The van der Waals surface area contributed by atoms with E-state index in [0.29, 0.717) is 0 Å². The van der Waals surface area contributed by atoms with Crippen LogP contribution in [0.2, 0.25) is 0 Å². The zero-order valence-electron chi connectivity index (χ0n) is 12.5. The van der Waals surface area contributed by atoms with Crippen LogP contribution in [0.5, 0.6) is 0 Å². The summed E-state index contributed by atoms with van der Waals surface area (Å²) in [6, 6.07) is 7.76. The third-order valence-corrected chi connectivity index (χ3v) is 4.54. The maximum absolute atomic E-state index is 12.6. The molecule has 0 aromatic heterocycles. The molecule has 2 nitrogen and oxygen atoms in total. The van der Waals surface area contributed by atoms with E-state index in [0.717, 1.165) is 36.6 Å². The normalized spacial score (nSPS) is 17.8. The van der Waals surface area contributed by atoms with Crippen LogP contribution in [-0.4, -0.2) is 43.5 Å². The number of halogens is 4. The van der Waals surface area contributed by atoms with Crippen molar-refractivity contribution in [1.82, 2.24) is 10.2 Å². The smallest absolute Gasteiger partial charge is 0.314 e. The SMILES string of the molecule is CSc1ccc([C@H](CCC(F)(F)F)N2CCNCC2)cc1.Cl. The lowest BCUT2D eigenvalue weighted by Gasteiger charge is -2.35. The van der Waals surface area contributed by atoms with Gasteiger partial charge in [0.15, 0.2) is 0 Å². The molecule has 0 amide bonds. The van der Waals surface area contributed by atoms with Gasteiger partial charge in [-0.1, -0.05) is 12.1 Å². The number of piperazine rings is 1. The average Bonchev–Trinajstić information content (AvgIpc) is 2.48. The highest BCUT2D eigenvalue weighted by atomic mass is 35.5. The van der Waals surface area contributed by atoms with Crippen molar-refractivity contribution in [3.8, 4) is 0 Å². The maximum Gasteiger partial charge on any atom is 0.389 e. The summed E-state index contributed by atoms with van der Waals surface area (Å²) in [5, 5.41) is 3.24. The Bertz CT molecular complexity index is 433. The second-order valence-electron chi connectivity index (χ2n) is 5.23. The van der Waals surface area contributed by atoms with Gasteiger partial charge in [-0.2, -0.15) is 13.2 Å². The van der Waals surface area contributed by atoms with Gasteiger partial charge < -0.3 is 5.32 Å². The summed E-state index contributed by atoms with van der Waals surface area (Å²) in [7, 11) is 0. The minimum absolute atomic E-state index is 0. The van der Waals surface area contributed by atoms with Gasteiger partial charge in [-0.05, 0) is 30.4 Å². The Morgan fingerprint density at radius 3 is 2.27 bits per heavy atom. The number of hydrogen-bond donors (Lipinski definition) is 1. The zero-order valence-corrected chi connectivity index (χ0v) is 14.2. The summed E-state index contributed by atoms with van der Waals surface area (Å²) in [4.78, 5) is 3.30. The molecule has 0 bridgehead atoms. The van der Waals surface area contributed by atoms with Crippen LogP contribution in [0.4, 0.5) is 13.2 Å². The third-order valence-electron chi connectivity index (χ3n) is 3.79. The Morgan fingerprint density at radius 2 is 1.77 bits per heavy atom. The average molecular weight is 355 g/mol. The highest BCUT2D eigenvalue weighted by molar-refractivity contribution is 7.98. The van der Waals surface area contributed by atoms with E-state index in [1.165, 1.54) is 0 Å². The van der Waals surface area contributed by atoms with E-state index in [4.69, 9.17) is 0 Å². The molecule has 0 aliphatic carbocycles. The number of alkyl halides is 3. The molecule has 22 heavy (non-hydrogen) atoms. The molecule has 1 aliphatic rings. The van der Waals surface area contributed by atoms with Crippen molar-refractivity contribution in [2.45, 2.75) is 30.0 Å². The number of hydrogen-bond acceptors (Lipinski definition) is 3. The van der Waals surface area contributed by atoms with Gasteiger partial charge in [-0.15, -0.1) is 24.2 Å². The Labute approximate surface area is 140 Å². The molecule has 1 N–H and O–H groups in total. The molecule has 1 saturated heterocycles. The Morgan fingerprint density at radius 1 is 1.18 bits per heavy atom. The van der Waals surface area contributed by atoms with Gasteiger partial charge in [0, 0.05) is 43.5 Å². The molecule has 1 atom stereocenters. The molecule has 7 heteroatoms. The topological polar surface area (TPSA) is 15.3 Å². The minimum Gasteiger partial charge on any atom is -0.314 e. The Balaban J connectivity index is 0.00000242. The first-order valence-electron chi connectivity index (χ1n) is 7.15. The summed E-state index contributed by atoms with van der Waals surface area (Å²) in [5.74, 6) is 0. The van der Waals surface area contributed by atoms with Crippen molar-refractivity contribution in [2.75, 3.05) is 32.4 Å². The molecular formula is C15H22ClF3N2S. The fraction of sp³-hybridized carbons (Fsp3) is 0.600. The van der Waals surface area contributed by atoms with E-state index >= 15 is 0 Å². The lowest BCUT2D eigenvalue weighted by Crippen LogP contribution is -2.45. The molecule has 0 spiro atoms. The molecule has 1 aromatic carbocycles. The van der Waals surface area contributed by atoms with Gasteiger partial charge in [-0.3, -0.25) is 4.90 Å². The van der Waals surface area contributed by atoms with Crippen LogP contribution in [0.15, 0.2) is 29.2 Å². The molecule has 0 radical (unpaired) electrons. The Kier molecular flexibility index (Phi) is 8.03. The maximum atomic E-state index is 12.6. The molecule has 1 aromatic rings. The van der Waals surface area contributed by atoms with Crippen LogP contribution in [0.25, 0.3) is 0 Å². The molecule has 2 rings (SSSR count). The lowest BCUT2D eigenvalue weighted by atomic mass is 9.99. The van der Waals surface area contributed by atoms with Crippen LogP contribution in [0.1, 0.15) is 24.4 Å². The second-order valence-corrected chi connectivity index (χ2v) is 6.11. The molecule has 1 heterocycles. The fourth-order valence-electron chi connectivity index (χ4n) is 2.68. The first-order chi connectivity index (χ1) is 9.99. The molecule has 126 valence electrons. The van der Waals surface area contributed by atoms with Crippen LogP contribution in [0.3, 0.4) is 0 Å². The first-order valence-corrected chi connectivity index (χ1v) is 8.37. The van der Waals surface area contributed by atoms with E-state index in [-0.39, 0.29) is 24.9 Å². The van der Waals surface area contributed by atoms with Crippen LogP contribution < -0.4 is 5.32 Å². The molecule has 1 aliphatic heterocycles. The van der Waals surface area contributed by atoms with Gasteiger partial charge in [-0.25, -0.2) is 0 Å². The zero-order chi connectivity index (χ0) is 15.3. The van der Waals surface area contributed by atoms with Crippen LogP contribution in [-0.2, 0) is 0 Å². The summed E-state index contributed by atoms with van der Waals surface area (Å²) >= 11 is 1.64. The van der Waals surface area contributed by atoms with E-state index in [2.05, 4.69) is 10.2 Å². The van der Waals surface area contributed by atoms with Crippen molar-refractivity contribution in [3.05, 3.63) is 29.8 Å². The number of benzene rings is 1. The number of thioether (sulfide) groups is 1. The van der Waals surface area contributed by atoms with Gasteiger partial charge in [0.05, 0.1) is 0 Å². The van der Waals surface area contributed by atoms with Gasteiger partial charge in [0.2, 0.25) is 0 Å². The van der Waals surface area contributed by atoms with Crippen molar-refractivity contribution in [3.63, 3.8) is 0 Å². The largest absolute Gasteiger partial charge is 0.389 e. The lowest BCUT2D eigenvalue weighted by molar-refractivity contribution is -0.138. The third kappa shape index (κ3) is 5.99. The molecular weight excluding hydrogens is 333 g/mol. The molecule has 0 unspecified atom stereocenters. The van der Waals surface area contributed by atoms with Crippen molar-refractivity contribution in [2.24, 2.45) is 0 Å². The summed E-state index contributed by atoms with van der Waals surface area (Å²) in [6.07, 6.45) is -2.70. The molecule has 1 fully saturated rings. The standard InChI is InChI=1S/C15H21F3N2S.ClH/c1-21-13-4-2-12(3-5-13)14(6-7-15(16,17)18)20-10-8-19-9-11-20;/h2-5,14,19H,6-11H2,1H3;1H/t14-;/m0./s1. The minimum atomic E-state index is -4.09. The van der Waals surface area contributed by atoms with Crippen LogP contribution in [0, 0.1) is 0 Å². The van der Waals surface area contributed by atoms with Gasteiger partial charge >= 0.3 is 6.18 Å². The van der Waals surface area contributed by atoms with Crippen molar-refractivity contribution >= 4 is 24.2 Å². The van der Waals surface area contributed by atoms with Gasteiger partial charge in [0.25, 0.3) is 0 Å². The highest BCUT2D eigenvalue weighted by Crippen LogP contribution is 2.32. The quantitative estimate of drug-likeness (QED) is 0.801. The van der Waals surface area contributed by atoms with E-state index in [1.807, 2.05) is 30.5 Å². The second kappa shape index (κ2) is 9.01. The Hall–Kier alpha value is -0.430. The van der Waals surface area contributed by atoms with E-state index in [1.54, 1.807) is 11.8 Å². The van der Waals surface area contributed by atoms with Gasteiger partial charge in [0.1, 0.15) is 0 Å². The van der Waals surface area contributed by atoms with Crippen LogP contribution >= 0.6 is 24.2 Å². The highest BCUT2D eigenvalue weighted by Gasteiger charge is 2.31. The molecule has 0 saturated carbocycles. The predicted octanol–water partition coefficient (Wildman–Crippen LogP) is 4.12.